The second-order valence-corrected chi connectivity index (χ2v) is 5.01. The number of aromatic nitrogens is 2. The summed E-state index contributed by atoms with van der Waals surface area (Å²) in [5.41, 5.74) is 3.14. The van der Waals surface area contributed by atoms with Crippen LogP contribution in [0.15, 0.2) is 60.8 Å². The van der Waals surface area contributed by atoms with Crippen LogP contribution in [0.2, 0.25) is 0 Å². The number of anilines is 1. The lowest BCUT2D eigenvalue weighted by atomic mass is 10.1. The van der Waals surface area contributed by atoms with E-state index < -0.39 is 0 Å². The summed E-state index contributed by atoms with van der Waals surface area (Å²) in [4.78, 5) is 26.2. The Hall–Kier alpha value is -3.21. The maximum absolute atomic E-state index is 12.5. The van der Waals surface area contributed by atoms with Crippen LogP contribution in [0.1, 0.15) is 20.7 Å². The van der Waals surface area contributed by atoms with Gasteiger partial charge in [0.2, 0.25) is 0 Å². The Kier molecular flexibility index (Phi) is 2.66. The minimum atomic E-state index is -0.289. The molecule has 5 heteroatoms. The fourth-order valence-corrected chi connectivity index (χ4v) is 2.65. The predicted octanol–water partition coefficient (Wildman–Crippen LogP) is 2.88. The number of hydrogen-bond acceptors (Lipinski definition) is 3. The van der Waals surface area contributed by atoms with Crippen molar-refractivity contribution in [3.63, 3.8) is 0 Å². The number of benzene rings is 2. The van der Waals surface area contributed by atoms with Crippen LogP contribution in [-0.2, 0) is 0 Å². The zero-order chi connectivity index (χ0) is 15.1. The molecular weight excluding hydrogens is 278 g/mol. The van der Waals surface area contributed by atoms with Crippen LogP contribution >= 0.6 is 0 Å². The van der Waals surface area contributed by atoms with Gasteiger partial charge in [0, 0.05) is 11.8 Å². The van der Waals surface area contributed by atoms with Gasteiger partial charge >= 0.3 is 0 Å². The molecule has 2 aromatic carbocycles. The number of amides is 2. The first-order valence-electron chi connectivity index (χ1n) is 6.83. The molecule has 0 saturated carbocycles. The van der Waals surface area contributed by atoms with E-state index >= 15 is 0 Å². The van der Waals surface area contributed by atoms with E-state index in [9.17, 15) is 9.59 Å². The molecule has 0 unspecified atom stereocenters. The van der Waals surface area contributed by atoms with Crippen molar-refractivity contribution in [2.24, 2.45) is 0 Å². The van der Waals surface area contributed by atoms with Gasteiger partial charge in [-0.25, -0.2) is 4.90 Å². The number of H-pyrrole nitrogens is 1. The van der Waals surface area contributed by atoms with E-state index in [4.69, 9.17) is 0 Å². The molecule has 0 fully saturated rings. The second-order valence-electron chi connectivity index (χ2n) is 5.01. The molecule has 5 nitrogen and oxygen atoms in total. The molecule has 4 rings (SSSR count). The largest absolute Gasteiger partial charge is 0.278 e. The van der Waals surface area contributed by atoms with Crippen LogP contribution in [0.5, 0.6) is 0 Å². The van der Waals surface area contributed by atoms with E-state index in [1.807, 2.05) is 18.2 Å². The van der Waals surface area contributed by atoms with Crippen molar-refractivity contribution < 1.29 is 9.59 Å². The molecule has 0 spiro atoms. The molecule has 0 radical (unpaired) electrons. The summed E-state index contributed by atoms with van der Waals surface area (Å²) in [6.07, 6.45) is 1.66. The number of fused-ring (bicyclic) bond motifs is 1. The predicted molar refractivity (Wildman–Crippen MR) is 81.6 cm³/mol. The van der Waals surface area contributed by atoms with Crippen molar-refractivity contribution in [2.75, 3.05) is 4.90 Å². The van der Waals surface area contributed by atoms with E-state index in [1.54, 1.807) is 42.6 Å². The highest BCUT2D eigenvalue weighted by molar-refractivity contribution is 6.34. The summed E-state index contributed by atoms with van der Waals surface area (Å²) >= 11 is 0. The Bertz CT molecular complexity index is 849. The zero-order valence-electron chi connectivity index (χ0n) is 11.5. The first kappa shape index (κ1) is 12.5. The molecule has 2 heterocycles. The summed E-state index contributed by atoms with van der Waals surface area (Å²) in [6.45, 7) is 0. The number of hydrogen-bond donors (Lipinski definition) is 1. The third kappa shape index (κ3) is 1.76. The van der Waals surface area contributed by atoms with Gasteiger partial charge in [-0.05, 0) is 30.3 Å². The summed E-state index contributed by atoms with van der Waals surface area (Å²) in [7, 11) is 0. The maximum atomic E-state index is 12.5. The van der Waals surface area contributed by atoms with E-state index in [1.165, 1.54) is 4.90 Å². The minimum Gasteiger partial charge on any atom is -0.278 e. The average molecular weight is 289 g/mol. The van der Waals surface area contributed by atoms with Crippen molar-refractivity contribution >= 4 is 17.5 Å². The smallest absolute Gasteiger partial charge is 0.266 e. The second kappa shape index (κ2) is 4.66. The lowest BCUT2D eigenvalue weighted by molar-refractivity contribution is 0.0926. The zero-order valence-corrected chi connectivity index (χ0v) is 11.5. The number of nitrogens with one attached hydrogen (secondary N) is 1. The molecule has 1 aliphatic rings. The number of imide groups is 1. The number of carbonyl (C=O) groups excluding carboxylic acids is 2. The third-order valence-corrected chi connectivity index (χ3v) is 3.71. The Morgan fingerprint density at radius 1 is 0.864 bits per heavy atom. The van der Waals surface area contributed by atoms with Crippen LogP contribution in [0.25, 0.3) is 11.3 Å². The van der Waals surface area contributed by atoms with Gasteiger partial charge in [-0.2, -0.15) is 5.10 Å². The molecule has 1 N–H and O–H groups in total. The van der Waals surface area contributed by atoms with Gasteiger partial charge in [-0.1, -0.05) is 24.3 Å². The van der Waals surface area contributed by atoms with Crippen molar-refractivity contribution in [3.8, 4) is 11.3 Å². The molecule has 1 aromatic heterocycles. The van der Waals surface area contributed by atoms with Gasteiger partial charge in [0.15, 0.2) is 0 Å². The number of rotatable bonds is 2. The summed E-state index contributed by atoms with van der Waals surface area (Å²) in [6, 6.07) is 16.0. The molecule has 22 heavy (non-hydrogen) atoms. The fraction of sp³-hybridized carbons (Fsp3) is 0. The highest BCUT2D eigenvalue weighted by Crippen LogP contribution is 2.30. The van der Waals surface area contributed by atoms with Gasteiger partial charge in [0.25, 0.3) is 11.8 Å². The normalized spacial score (nSPS) is 13.5. The van der Waals surface area contributed by atoms with Crippen molar-refractivity contribution in [1.29, 1.82) is 0 Å². The third-order valence-electron chi connectivity index (χ3n) is 3.71. The first-order chi connectivity index (χ1) is 10.8. The Balaban J connectivity index is 1.79. The summed E-state index contributed by atoms with van der Waals surface area (Å²) in [5, 5.41) is 6.79. The monoisotopic (exact) mass is 289 g/mol. The highest BCUT2D eigenvalue weighted by Gasteiger charge is 2.36. The lowest BCUT2D eigenvalue weighted by Crippen LogP contribution is -2.29. The van der Waals surface area contributed by atoms with Gasteiger partial charge in [-0.15, -0.1) is 0 Å². The minimum absolute atomic E-state index is 0.289. The Labute approximate surface area is 126 Å². The lowest BCUT2D eigenvalue weighted by Gasteiger charge is -2.14. The molecule has 0 saturated heterocycles. The average Bonchev–Trinajstić information content (AvgIpc) is 3.17. The van der Waals surface area contributed by atoms with Gasteiger partial charge in [0.05, 0.1) is 22.5 Å². The topological polar surface area (TPSA) is 66.1 Å². The first-order valence-corrected chi connectivity index (χ1v) is 6.83. The quantitative estimate of drug-likeness (QED) is 0.738. The van der Waals surface area contributed by atoms with E-state index in [0.717, 1.165) is 11.3 Å². The molecule has 0 bridgehead atoms. The molecular formula is C17H11N3O2. The molecule has 0 aliphatic carbocycles. The van der Waals surface area contributed by atoms with Crippen LogP contribution in [-0.4, -0.2) is 22.0 Å². The standard InChI is InChI=1S/C17H11N3O2/c21-16-13-6-1-2-7-14(13)17(22)20(16)12-5-3-4-11(10-12)15-8-9-18-19-15/h1-10H,(H,18,19). The Morgan fingerprint density at radius 3 is 2.23 bits per heavy atom. The summed E-state index contributed by atoms with van der Waals surface area (Å²) < 4.78 is 0. The van der Waals surface area contributed by atoms with E-state index in [-0.39, 0.29) is 11.8 Å². The van der Waals surface area contributed by atoms with E-state index in [2.05, 4.69) is 10.2 Å². The number of nitrogens with zero attached hydrogens (tertiary/aromatic N) is 2. The fourth-order valence-electron chi connectivity index (χ4n) is 2.65. The van der Waals surface area contributed by atoms with Crippen LogP contribution in [0.4, 0.5) is 5.69 Å². The van der Waals surface area contributed by atoms with Crippen LogP contribution in [0.3, 0.4) is 0 Å². The molecule has 2 amide bonds. The summed E-state index contributed by atoms with van der Waals surface area (Å²) in [5.74, 6) is -0.579. The SMILES string of the molecule is O=C1c2ccccc2C(=O)N1c1cccc(-c2ccn[nH]2)c1. The van der Waals surface area contributed by atoms with Gasteiger partial charge in [-0.3, -0.25) is 14.7 Å². The Morgan fingerprint density at radius 2 is 1.59 bits per heavy atom. The van der Waals surface area contributed by atoms with Gasteiger partial charge < -0.3 is 0 Å². The van der Waals surface area contributed by atoms with Crippen molar-refractivity contribution in [2.45, 2.75) is 0 Å². The molecule has 1 aliphatic heterocycles. The van der Waals surface area contributed by atoms with Crippen molar-refractivity contribution in [1.82, 2.24) is 10.2 Å². The number of carbonyl (C=O) groups is 2. The molecule has 0 atom stereocenters. The molecule has 3 aromatic rings. The molecule has 106 valence electrons. The number of aromatic amines is 1. The van der Waals surface area contributed by atoms with Crippen LogP contribution < -0.4 is 4.90 Å². The maximum Gasteiger partial charge on any atom is 0.266 e. The van der Waals surface area contributed by atoms with Gasteiger partial charge in [0.1, 0.15) is 0 Å². The highest BCUT2D eigenvalue weighted by atomic mass is 16.2. The van der Waals surface area contributed by atoms with Crippen LogP contribution in [0, 0.1) is 0 Å². The van der Waals surface area contributed by atoms with E-state index in [0.29, 0.717) is 16.8 Å². The van der Waals surface area contributed by atoms with Crippen molar-refractivity contribution in [3.05, 3.63) is 71.9 Å².